The highest BCUT2D eigenvalue weighted by Gasteiger charge is 2.21. The molecule has 3 aromatic rings. The molecule has 0 aliphatic carbocycles. The molecule has 4 N–H and O–H groups in total. The van der Waals surface area contributed by atoms with Crippen LogP contribution in [0, 0.1) is 6.92 Å². The Labute approximate surface area is 208 Å². The Balaban J connectivity index is 1.64. The zero-order chi connectivity index (χ0) is 24.5. The van der Waals surface area contributed by atoms with Crippen molar-refractivity contribution in [3.63, 3.8) is 0 Å². The van der Waals surface area contributed by atoms with Crippen LogP contribution in [0.1, 0.15) is 43.6 Å². The van der Waals surface area contributed by atoms with E-state index < -0.39 is 5.91 Å². The summed E-state index contributed by atoms with van der Waals surface area (Å²) < 4.78 is 10.8. The highest BCUT2D eigenvalue weighted by Crippen LogP contribution is 2.34. The first kappa shape index (κ1) is 25.4. The van der Waals surface area contributed by atoms with E-state index in [1.807, 2.05) is 44.2 Å². The molecule has 7 nitrogen and oxygen atoms in total. The molecular formula is C25H27N3O4S2. The topological polar surface area (TPSA) is 103 Å². The fourth-order valence-corrected chi connectivity index (χ4v) is 4.78. The lowest BCUT2D eigenvalue weighted by atomic mass is 10.1. The number of primary amides is 1. The number of anilines is 1. The third-order valence-electron chi connectivity index (χ3n) is 4.97. The van der Waals surface area contributed by atoms with E-state index in [1.54, 1.807) is 24.3 Å². The summed E-state index contributed by atoms with van der Waals surface area (Å²) in [6.45, 7) is 5.35. The molecule has 2 aromatic carbocycles. The Morgan fingerprint density at radius 3 is 2.41 bits per heavy atom. The molecule has 0 saturated heterocycles. The summed E-state index contributed by atoms with van der Waals surface area (Å²) in [5, 5.41) is 6.21. The first-order valence-corrected chi connectivity index (χ1v) is 12.0. The van der Waals surface area contributed by atoms with Gasteiger partial charge in [-0.25, -0.2) is 0 Å². The average molecular weight is 498 g/mol. The minimum absolute atomic E-state index is 0.0806. The SMILES string of the molecule is CCOCCOc1ccc(C(=O)NC(=S)Nc2sc(Cc3ccccc3)c(C)c2C(N)=O)cc1. The fraction of sp³-hybridized carbons (Fsp3) is 0.240. The number of thiocarbonyl (C=S) groups is 1. The summed E-state index contributed by atoms with van der Waals surface area (Å²) >= 11 is 6.72. The number of thiophene rings is 1. The minimum atomic E-state index is -0.551. The first-order valence-electron chi connectivity index (χ1n) is 10.8. The number of carbonyl (C=O) groups is 2. The number of rotatable bonds is 10. The van der Waals surface area contributed by atoms with Gasteiger partial charge in [0.05, 0.1) is 12.2 Å². The predicted octanol–water partition coefficient (Wildman–Crippen LogP) is 4.29. The van der Waals surface area contributed by atoms with Crippen LogP contribution in [0.4, 0.5) is 5.00 Å². The van der Waals surface area contributed by atoms with E-state index in [9.17, 15) is 9.59 Å². The molecule has 0 aliphatic heterocycles. The van der Waals surface area contributed by atoms with Gasteiger partial charge in [0.15, 0.2) is 5.11 Å². The van der Waals surface area contributed by atoms with Crippen LogP contribution in [0.15, 0.2) is 54.6 Å². The smallest absolute Gasteiger partial charge is 0.257 e. The molecule has 34 heavy (non-hydrogen) atoms. The Morgan fingerprint density at radius 1 is 1.06 bits per heavy atom. The minimum Gasteiger partial charge on any atom is -0.491 e. The molecule has 0 saturated carbocycles. The maximum Gasteiger partial charge on any atom is 0.257 e. The van der Waals surface area contributed by atoms with E-state index in [4.69, 9.17) is 27.4 Å². The number of benzene rings is 2. The third kappa shape index (κ3) is 6.86. The van der Waals surface area contributed by atoms with Crippen molar-refractivity contribution in [2.45, 2.75) is 20.3 Å². The molecule has 0 fully saturated rings. The van der Waals surface area contributed by atoms with Gasteiger partial charge in [0.25, 0.3) is 11.8 Å². The molecular weight excluding hydrogens is 470 g/mol. The number of hydrogen-bond donors (Lipinski definition) is 3. The van der Waals surface area contributed by atoms with Gasteiger partial charge in [-0.3, -0.25) is 14.9 Å². The molecule has 9 heteroatoms. The maximum atomic E-state index is 12.6. The van der Waals surface area contributed by atoms with Crippen molar-refractivity contribution in [3.8, 4) is 5.75 Å². The van der Waals surface area contributed by atoms with Crippen LogP contribution in [0.5, 0.6) is 5.75 Å². The van der Waals surface area contributed by atoms with Crippen molar-refractivity contribution >= 4 is 45.5 Å². The summed E-state index contributed by atoms with van der Waals surface area (Å²) in [5.41, 5.74) is 8.35. The van der Waals surface area contributed by atoms with E-state index in [-0.39, 0.29) is 11.0 Å². The number of nitrogens with one attached hydrogen (secondary N) is 2. The van der Waals surface area contributed by atoms with E-state index in [0.717, 1.165) is 16.0 Å². The second-order valence-electron chi connectivity index (χ2n) is 7.36. The highest BCUT2D eigenvalue weighted by atomic mass is 32.1. The van der Waals surface area contributed by atoms with E-state index >= 15 is 0 Å². The van der Waals surface area contributed by atoms with Crippen molar-refractivity contribution in [2.24, 2.45) is 5.73 Å². The van der Waals surface area contributed by atoms with Gasteiger partial charge in [0, 0.05) is 23.5 Å². The second kappa shape index (κ2) is 12.3. The quantitative estimate of drug-likeness (QED) is 0.285. The van der Waals surface area contributed by atoms with Crippen LogP contribution in [0.2, 0.25) is 0 Å². The number of carbonyl (C=O) groups excluding carboxylic acids is 2. The van der Waals surface area contributed by atoms with Crippen LogP contribution in [-0.4, -0.2) is 36.7 Å². The zero-order valence-corrected chi connectivity index (χ0v) is 20.7. The molecule has 0 radical (unpaired) electrons. The van der Waals surface area contributed by atoms with Crippen molar-refractivity contribution < 1.29 is 19.1 Å². The number of amides is 2. The lowest BCUT2D eigenvalue weighted by Gasteiger charge is -2.10. The Hall–Kier alpha value is -3.27. The average Bonchev–Trinajstić information content (AvgIpc) is 3.12. The third-order valence-corrected chi connectivity index (χ3v) is 6.38. The van der Waals surface area contributed by atoms with Crippen LogP contribution < -0.4 is 21.1 Å². The Bertz CT molecular complexity index is 1140. The van der Waals surface area contributed by atoms with Crippen LogP contribution in [0.3, 0.4) is 0 Å². The fourth-order valence-electron chi connectivity index (χ4n) is 3.27. The van der Waals surface area contributed by atoms with E-state index in [2.05, 4.69) is 10.6 Å². The molecule has 0 aliphatic rings. The van der Waals surface area contributed by atoms with Gasteiger partial charge in [0.2, 0.25) is 0 Å². The molecule has 0 atom stereocenters. The number of nitrogens with two attached hydrogens (primary N) is 1. The molecule has 0 spiro atoms. The summed E-state index contributed by atoms with van der Waals surface area (Å²) in [5.74, 6) is -0.288. The van der Waals surface area contributed by atoms with Crippen LogP contribution in [-0.2, 0) is 11.2 Å². The van der Waals surface area contributed by atoms with Crippen molar-refractivity contribution in [1.29, 1.82) is 0 Å². The molecule has 3 rings (SSSR count). The molecule has 2 amide bonds. The summed E-state index contributed by atoms with van der Waals surface area (Å²) in [6.07, 6.45) is 0.664. The molecule has 1 aromatic heterocycles. The van der Waals surface area contributed by atoms with Crippen molar-refractivity contribution in [3.05, 3.63) is 81.7 Å². The summed E-state index contributed by atoms with van der Waals surface area (Å²) in [6, 6.07) is 16.7. The summed E-state index contributed by atoms with van der Waals surface area (Å²) in [4.78, 5) is 25.7. The normalized spacial score (nSPS) is 10.5. The lowest BCUT2D eigenvalue weighted by Crippen LogP contribution is -2.34. The Morgan fingerprint density at radius 2 is 1.76 bits per heavy atom. The van der Waals surface area contributed by atoms with Crippen molar-refractivity contribution in [2.75, 3.05) is 25.1 Å². The monoisotopic (exact) mass is 497 g/mol. The van der Waals surface area contributed by atoms with Gasteiger partial charge >= 0.3 is 0 Å². The molecule has 178 valence electrons. The van der Waals surface area contributed by atoms with Gasteiger partial charge in [-0.15, -0.1) is 11.3 Å². The number of ether oxygens (including phenoxy) is 2. The van der Waals surface area contributed by atoms with Gasteiger partial charge < -0.3 is 20.5 Å². The largest absolute Gasteiger partial charge is 0.491 e. The lowest BCUT2D eigenvalue weighted by molar-refractivity contribution is 0.0975. The highest BCUT2D eigenvalue weighted by molar-refractivity contribution is 7.80. The zero-order valence-electron chi connectivity index (χ0n) is 19.1. The molecule has 0 bridgehead atoms. The second-order valence-corrected chi connectivity index (χ2v) is 8.87. The van der Waals surface area contributed by atoms with Crippen LogP contribution in [0.25, 0.3) is 0 Å². The van der Waals surface area contributed by atoms with Gasteiger partial charge in [-0.2, -0.15) is 0 Å². The van der Waals surface area contributed by atoms with E-state index in [0.29, 0.717) is 48.1 Å². The van der Waals surface area contributed by atoms with Gasteiger partial charge in [0.1, 0.15) is 17.4 Å². The van der Waals surface area contributed by atoms with Crippen LogP contribution >= 0.6 is 23.6 Å². The number of hydrogen-bond acceptors (Lipinski definition) is 6. The van der Waals surface area contributed by atoms with Gasteiger partial charge in [-0.05, 0) is 61.5 Å². The Kier molecular flexibility index (Phi) is 9.15. The summed E-state index contributed by atoms with van der Waals surface area (Å²) in [7, 11) is 0. The first-order chi connectivity index (χ1) is 16.4. The molecule has 1 heterocycles. The predicted molar refractivity (Wildman–Crippen MR) is 139 cm³/mol. The standard InChI is InChI=1S/C25H27N3O4S2/c1-3-31-13-14-32-19-11-9-18(10-12-19)23(30)27-25(33)28-24-21(22(26)29)16(2)20(34-24)15-17-7-5-4-6-8-17/h4-12H,3,13-15H2,1-2H3,(H2,26,29)(H2,27,28,30,33). The van der Waals surface area contributed by atoms with Gasteiger partial charge in [-0.1, -0.05) is 30.3 Å². The van der Waals surface area contributed by atoms with E-state index in [1.165, 1.54) is 11.3 Å². The maximum absolute atomic E-state index is 12.6. The molecule has 0 unspecified atom stereocenters. The van der Waals surface area contributed by atoms with Crippen molar-refractivity contribution in [1.82, 2.24) is 5.32 Å².